The van der Waals surface area contributed by atoms with Gasteiger partial charge in [-0.15, -0.1) is 11.3 Å². The van der Waals surface area contributed by atoms with Gasteiger partial charge in [0.05, 0.1) is 18.3 Å². The Morgan fingerprint density at radius 3 is 3.05 bits per heavy atom. The topological polar surface area (TPSA) is 64.3 Å². The summed E-state index contributed by atoms with van der Waals surface area (Å²) in [5.74, 6) is 1.80. The van der Waals surface area contributed by atoms with Gasteiger partial charge in [-0.2, -0.15) is 4.98 Å². The summed E-state index contributed by atoms with van der Waals surface area (Å²) in [6.07, 6.45) is 2.23. The number of rotatable bonds is 6. The van der Waals surface area contributed by atoms with Crippen LogP contribution in [-0.4, -0.2) is 33.7 Å². The molecule has 2 aromatic rings. The number of ether oxygens (including phenoxy) is 1. The fourth-order valence-electron chi connectivity index (χ4n) is 2.74. The highest BCUT2D eigenvalue weighted by atomic mass is 32.1. The van der Waals surface area contributed by atoms with Crippen molar-refractivity contribution in [2.24, 2.45) is 0 Å². The van der Waals surface area contributed by atoms with E-state index in [0.29, 0.717) is 6.61 Å². The predicted octanol–water partition coefficient (Wildman–Crippen LogP) is 3.13. The van der Waals surface area contributed by atoms with E-state index in [1.54, 1.807) is 18.4 Å². The molecule has 0 N–H and O–H groups in total. The molecule has 2 aromatic heterocycles. The lowest BCUT2D eigenvalue weighted by molar-refractivity contribution is 0.184. The first kappa shape index (κ1) is 15.6. The maximum absolute atomic E-state index is 5.36. The zero-order valence-electron chi connectivity index (χ0n) is 13.3. The summed E-state index contributed by atoms with van der Waals surface area (Å²) in [6.45, 7) is 6.59. The number of nitrogens with zero attached hydrogens (tertiary/aromatic N) is 4. The van der Waals surface area contributed by atoms with Crippen LogP contribution in [0.15, 0.2) is 9.90 Å². The van der Waals surface area contributed by atoms with Gasteiger partial charge in [-0.3, -0.25) is 4.90 Å². The first-order chi connectivity index (χ1) is 10.7. The number of hydrogen-bond donors (Lipinski definition) is 0. The van der Waals surface area contributed by atoms with E-state index in [2.05, 4.69) is 39.3 Å². The molecule has 120 valence electrons. The minimum Gasteiger partial charge on any atom is -0.378 e. The van der Waals surface area contributed by atoms with Crippen LogP contribution in [-0.2, 0) is 17.9 Å². The standard InChI is InChI=1S/C15H22N4O2S/c1-10(2)15-17-14(18-21-15)12-5-4-6-19(12)7-11-9-22-13(16-11)8-20-3/h9-10,12H,4-8H2,1-3H3/t12-/m0/s1. The van der Waals surface area contributed by atoms with Crippen LogP contribution in [0.3, 0.4) is 0 Å². The van der Waals surface area contributed by atoms with Crippen LogP contribution in [0.25, 0.3) is 0 Å². The highest BCUT2D eigenvalue weighted by Gasteiger charge is 2.30. The molecule has 3 heterocycles. The quantitative estimate of drug-likeness (QED) is 0.814. The number of methoxy groups -OCH3 is 1. The molecule has 1 aliphatic rings. The molecule has 0 saturated carbocycles. The van der Waals surface area contributed by atoms with Crippen molar-refractivity contribution in [1.82, 2.24) is 20.0 Å². The van der Waals surface area contributed by atoms with Crippen molar-refractivity contribution in [1.29, 1.82) is 0 Å². The van der Waals surface area contributed by atoms with Crippen molar-refractivity contribution in [3.05, 3.63) is 27.8 Å². The fourth-order valence-corrected chi connectivity index (χ4v) is 3.50. The average Bonchev–Trinajstić information content (AvgIpc) is 3.19. The summed E-state index contributed by atoms with van der Waals surface area (Å²) in [6, 6.07) is 0.240. The van der Waals surface area contributed by atoms with Crippen LogP contribution < -0.4 is 0 Å². The van der Waals surface area contributed by atoms with Gasteiger partial charge in [0.25, 0.3) is 0 Å². The molecule has 1 atom stereocenters. The van der Waals surface area contributed by atoms with Crippen LogP contribution in [0.1, 0.15) is 61.1 Å². The molecule has 0 unspecified atom stereocenters. The summed E-state index contributed by atoms with van der Waals surface area (Å²) in [4.78, 5) is 11.6. The van der Waals surface area contributed by atoms with Crippen molar-refractivity contribution >= 4 is 11.3 Å². The van der Waals surface area contributed by atoms with Gasteiger partial charge in [0.2, 0.25) is 5.89 Å². The van der Waals surface area contributed by atoms with Gasteiger partial charge in [0, 0.05) is 25.0 Å². The van der Waals surface area contributed by atoms with Crippen molar-refractivity contribution in [2.45, 2.75) is 51.8 Å². The molecule has 0 aliphatic carbocycles. The van der Waals surface area contributed by atoms with Crippen LogP contribution in [0.2, 0.25) is 0 Å². The predicted molar refractivity (Wildman–Crippen MR) is 83.6 cm³/mol. The van der Waals surface area contributed by atoms with E-state index < -0.39 is 0 Å². The Bertz CT molecular complexity index is 610. The van der Waals surface area contributed by atoms with E-state index in [4.69, 9.17) is 9.26 Å². The largest absolute Gasteiger partial charge is 0.378 e. The summed E-state index contributed by atoms with van der Waals surface area (Å²) >= 11 is 1.65. The Labute approximate surface area is 134 Å². The van der Waals surface area contributed by atoms with Gasteiger partial charge < -0.3 is 9.26 Å². The first-order valence-electron chi connectivity index (χ1n) is 7.67. The number of thiazole rings is 1. The molecule has 7 heteroatoms. The van der Waals surface area contributed by atoms with Gasteiger partial charge in [-0.05, 0) is 19.4 Å². The summed E-state index contributed by atoms with van der Waals surface area (Å²) < 4.78 is 10.5. The molecule has 0 radical (unpaired) electrons. The SMILES string of the molecule is COCc1nc(CN2CCC[C@H]2c2noc(C(C)C)n2)cs1. The lowest BCUT2D eigenvalue weighted by Gasteiger charge is -2.20. The number of likely N-dealkylation sites (tertiary alicyclic amines) is 1. The van der Waals surface area contributed by atoms with E-state index >= 15 is 0 Å². The first-order valence-corrected chi connectivity index (χ1v) is 8.55. The maximum atomic E-state index is 5.36. The van der Waals surface area contributed by atoms with E-state index in [1.807, 2.05) is 0 Å². The summed E-state index contributed by atoms with van der Waals surface area (Å²) in [5, 5.41) is 7.31. The van der Waals surface area contributed by atoms with E-state index in [-0.39, 0.29) is 12.0 Å². The Balaban J connectivity index is 1.69. The molecular formula is C15H22N4O2S. The smallest absolute Gasteiger partial charge is 0.229 e. The Morgan fingerprint density at radius 1 is 1.45 bits per heavy atom. The van der Waals surface area contributed by atoms with Gasteiger partial charge >= 0.3 is 0 Å². The molecule has 0 bridgehead atoms. The van der Waals surface area contributed by atoms with Crippen molar-refractivity contribution in [2.75, 3.05) is 13.7 Å². The third-order valence-corrected chi connectivity index (χ3v) is 4.72. The van der Waals surface area contributed by atoms with Gasteiger partial charge in [-0.25, -0.2) is 4.98 Å². The van der Waals surface area contributed by atoms with Gasteiger partial charge in [0.1, 0.15) is 5.01 Å². The Hall–Kier alpha value is -1.31. The molecule has 6 nitrogen and oxygen atoms in total. The molecule has 0 aromatic carbocycles. The highest BCUT2D eigenvalue weighted by Crippen LogP contribution is 2.32. The molecule has 0 amide bonds. The monoisotopic (exact) mass is 322 g/mol. The van der Waals surface area contributed by atoms with Crippen molar-refractivity contribution < 1.29 is 9.26 Å². The molecule has 1 aliphatic heterocycles. The van der Waals surface area contributed by atoms with Crippen molar-refractivity contribution in [3.8, 4) is 0 Å². The molecule has 0 spiro atoms. The maximum Gasteiger partial charge on any atom is 0.229 e. The normalized spacial score (nSPS) is 19.4. The molecule has 1 saturated heterocycles. The van der Waals surface area contributed by atoms with Gasteiger partial charge in [-0.1, -0.05) is 19.0 Å². The Morgan fingerprint density at radius 2 is 2.32 bits per heavy atom. The van der Waals surface area contributed by atoms with Crippen molar-refractivity contribution in [3.63, 3.8) is 0 Å². The van der Waals surface area contributed by atoms with Gasteiger partial charge in [0.15, 0.2) is 5.82 Å². The molecule has 22 heavy (non-hydrogen) atoms. The van der Waals surface area contributed by atoms with E-state index in [0.717, 1.165) is 48.3 Å². The zero-order chi connectivity index (χ0) is 15.5. The number of aromatic nitrogens is 3. The van der Waals surface area contributed by atoms with Crippen LogP contribution in [0, 0.1) is 0 Å². The van der Waals surface area contributed by atoms with Crippen LogP contribution >= 0.6 is 11.3 Å². The van der Waals surface area contributed by atoms with E-state index in [9.17, 15) is 0 Å². The average molecular weight is 322 g/mol. The minimum absolute atomic E-state index is 0.240. The number of hydrogen-bond acceptors (Lipinski definition) is 7. The Kier molecular flexibility index (Phi) is 4.85. The molecule has 1 fully saturated rings. The lowest BCUT2D eigenvalue weighted by Crippen LogP contribution is -2.23. The van der Waals surface area contributed by atoms with E-state index in [1.165, 1.54) is 0 Å². The second-order valence-electron chi connectivity index (χ2n) is 5.94. The third-order valence-electron chi connectivity index (χ3n) is 3.85. The second kappa shape index (κ2) is 6.85. The molecule has 3 rings (SSSR count). The third kappa shape index (κ3) is 3.37. The second-order valence-corrected chi connectivity index (χ2v) is 6.88. The minimum atomic E-state index is 0.240. The summed E-state index contributed by atoms with van der Waals surface area (Å²) in [5.41, 5.74) is 1.09. The summed E-state index contributed by atoms with van der Waals surface area (Å²) in [7, 11) is 1.69. The zero-order valence-corrected chi connectivity index (χ0v) is 14.1. The van der Waals surface area contributed by atoms with Crippen LogP contribution in [0.5, 0.6) is 0 Å². The van der Waals surface area contributed by atoms with Crippen LogP contribution in [0.4, 0.5) is 0 Å². The molecular weight excluding hydrogens is 300 g/mol. The lowest BCUT2D eigenvalue weighted by atomic mass is 10.2. The highest BCUT2D eigenvalue weighted by molar-refractivity contribution is 7.09. The fraction of sp³-hybridized carbons (Fsp3) is 0.667.